The molecular weight excluding hydrogens is 548 g/mol. The van der Waals surface area contributed by atoms with Gasteiger partial charge in [0.1, 0.15) is 17.9 Å². The minimum atomic E-state index is -1.12. The molecule has 1 aliphatic carbocycles. The van der Waals surface area contributed by atoms with Gasteiger partial charge in [-0.05, 0) is 86.4 Å². The van der Waals surface area contributed by atoms with Crippen LogP contribution in [-0.4, -0.2) is 69.6 Å². The van der Waals surface area contributed by atoms with Crippen LogP contribution in [0.1, 0.15) is 75.7 Å². The molecule has 6 rings (SSSR count). The predicted molar refractivity (Wildman–Crippen MR) is 159 cm³/mol. The van der Waals surface area contributed by atoms with Crippen LogP contribution in [0.15, 0.2) is 53.9 Å². The van der Waals surface area contributed by atoms with Crippen molar-refractivity contribution >= 4 is 17.4 Å². The first-order valence-electron chi connectivity index (χ1n) is 14.7. The van der Waals surface area contributed by atoms with E-state index < -0.39 is 5.97 Å². The molecule has 43 heavy (non-hydrogen) atoms. The molecule has 0 saturated carbocycles. The molecule has 0 radical (unpaired) electrons. The van der Waals surface area contributed by atoms with Gasteiger partial charge in [0.15, 0.2) is 5.82 Å². The molecule has 0 atom stereocenters. The number of methoxy groups -OCH3 is 1. The molecule has 1 N–H and O–H groups in total. The molecule has 224 valence electrons. The van der Waals surface area contributed by atoms with E-state index in [9.17, 15) is 14.7 Å². The molecule has 0 bridgehead atoms. The van der Waals surface area contributed by atoms with Crippen molar-refractivity contribution in [3.63, 3.8) is 0 Å². The summed E-state index contributed by atoms with van der Waals surface area (Å²) in [7, 11) is 1.41. The smallest absolute Gasteiger partial charge is 0.342 e. The van der Waals surface area contributed by atoms with E-state index >= 15 is 0 Å². The van der Waals surface area contributed by atoms with Gasteiger partial charge in [0.25, 0.3) is 5.91 Å². The van der Waals surface area contributed by atoms with Crippen LogP contribution in [0, 0.1) is 6.92 Å². The normalized spacial score (nSPS) is 17.5. The second-order valence-corrected chi connectivity index (χ2v) is 11.2. The first-order chi connectivity index (χ1) is 20.9. The second kappa shape index (κ2) is 12.0. The zero-order valence-electron chi connectivity index (χ0n) is 24.8. The highest BCUT2D eigenvalue weighted by molar-refractivity contribution is 5.97. The Morgan fingerprint density at radius 3 is 2.72 bits per heavy atom. The van der Waals surface area contributed by atoms with Crippen LogP contribution in [0.3, 0.4) is 0 Å². The van der Waals surface area contributed by atoms with Gasteiger partial charge in [0.05, 0.1) is 19.0 Å². The number of aromatic carboxylic acids is 1. The number of pyridine rings is 1. The molecule has 10 heteroatoms. The maximum Gasteiger partial charge on any atom is 0.342 e. The average molecular weight is 585 g/mol. The zero-order chi connectivity index (χ0) is 30.1. The molecule has 2 aliphatic heterocycles. The highest BCUT2D eigenvalue weighted by atomic mass is 16.5. The van der Waals surface area contributed by atoms with Crippen LogP contribution in [0.5, 0.6) is 5.88 Å². The van der Waals surface area contributed by atoms with Gasteiger partial charge < -0.3 is 24.2 Å². The van der Waals surface area contributed by atoms with E-state index in [1.165, 1.54) is 18.0 Å². The SMILES string of the molecule is COc1c(C(=O)O)cnn1-c1cccc(C2=CCCC(C)=C2OCc2ccc3c(c2C)CCN(C2CCOCC2)C3=O)n1. The summed E-state index contributed by atoms with van der Waals surface area (Å²) in [5.41, 5.74) is 6.75. The Hall–Kier alpha value is -4.44. The number of allylic oxidation sites excluding steroid dienone is 3. The molecule has 3 aromatic rings. The average Bonchev–Trinajstić information content (AvgIpc) is 3.47. The number of carbonyl (C=O) groups excluding carboxylic acids is 1. The topological polar surface area (TPSA) is 116 Å². The minimum absolute atomic E-state index is 0.0373. The lowest BCUT2D eigenvalue weighted by molar-refractivity contribution is 0.0276. The van der Waals surface area contributed by atoms with Crippen molar-refractivity contribution in [2.24, 2.45) is 0 Å². The molecule has 10 nitrogen and oxygen atoms in total. The molecule has 0 spiro atoms. The van der Waals surface area contributed by atoms with Crippen LogP contribution in [0.25, 0.3) is 11.4 Å². The summed E-state index contributed by atoms with van der Waals surface area (Å²) in [5, 5.41) is 13.7. The van der Waals surface area contributed by atoms with Gasteiger partial charge in [-0.15, -0.1) is 0 Å². The van der Waals surface area contributed by atoms with Gasteiger partial charge in [-0.2, -0.15) is 9.78 Å². The van der Waals surface area contributed by atoms with Crippen molar-refractivity contribution in [2.45, 2.75) is 58.6 Å². The van der Waals surface area contributed by atoms with Crippen LogP contribution >= 0.6 is 0 Å². The second-order valence-electron chi connectivity index (χ2n) is 11.2. The van der Waals surface area contributed by atoms with E-state index in [4.69, 9.17) is 19.2 Å². The van der Waals surface area contributed by atoms with E-state index in [1.807, 2.05) is 29.2 Å². The number of rotatable bonds is 8. The Kier molecular flexibility index (Phi) is 8.03. The number of carbonyl (C=O) groups is 2. The predicted octanol–water partition coefficient (Wildman–Crippen LogP) is 5.13. The van der Waals surface area contributed by atoms with E-state index in [0.717, 1.165) is 77.8 Å². The van der Waals surface area contributed by atoms with Crippen molar-refractivity contribution in [2.75, 3.05) is 26.9 Å². The largest absolute Gasteiger partial charge is 0.488 e. The van der Waals surface area contributed by atoms with Crippen molar-refractivity contribution < 1.29 is 28.9 Å². The summed E-state index contributed by atoms with van der Waals surface area (Å²) >= 11 is 0. The molecule has 1 amide bonds. The number of nitrogens with zero attached hydrogens (tertiary/aromatic N) is 4. The Labute approximate surface area is 250 Å². The Morgan fingerprint density at radius 1 is 1.14 bits per heavy atom. The number of aromatic nitrogens is 3. The summed E-state index contributed by atoms with van der Waals surface area (Å²) in [4.78, 5) is 31.9. The number of benzene rings is 1. The lowest BCUT2D eigenvalue weighted by Crippen LogP contribution is -2.47. The molecule has 1 fully saturated rings. The fourth-order valence-corrected chi connectivity index (χ4v) is 6.29. The lowest BCUT2D eigenvalue weighted by Gasteiger charge is -2.38. The van der Waals surface area contributed by atoms with Gasteiger partial charge in [-0.1, -0.05) is 18.2 Å². The summed E-state index contributed by atoms with van der Waals surface area (Å²) in [6, 6.07) is 9.75. The van der Waals surface area contributed by atoms with Crippen molar-refractivity contribution in [3.8, 4) is 11.7 Å². The lowest BCUT2D eigenvalue weighted by atomic mass is 9.90. The quantitative estimate of drug-likeness (QED) is 0.388. The van der Waals surface area contributed by atoms with Crippen LogP contribution < -0.4 is 4.74 Å². The third-order valence-corrected chi connectivity index (χ3v) is 8.68. The van der Waals surface area contributed by atoms with Crippen molar-refractivity contribution in [1.82, 2.24) is 19.7 Å². The number of hydrogen-bond donors (Lipinski definition) is 1. The zero-order valence-corrected chi connectivity index (χ0v) is 24.8. The van der Waals surface area contributed by atoms with E-state index in [0.29, 0.717) is 31.3 Å². The number of amides is 1. The summed E-state index contributed by atoms with van der Waals surface area (Å²) in [6.45, 7) is 6.69. The van der Waals surface area contributed by atoms with Gasteiger partial charge >= 0.3 is 5.97 Å². The van der Waals surface area contributed by atoms with Crippen LogP contribution in [-0.2, 0) is 22.5 Å². The molecule has 2 aromatic heterocycles. The summed E-state index contributed by atoms with van der Waals surface area (Å²) in [5.74, 6) is 0.330. The number of fused-ring (bicyclic) bond motifs is 1. The van der Waals surface area contributed by atoms with Gasteiger partial charge in [-0.25, -0.2) is 9.78 Å². The first kappa shape index (κ1) is 28.7. The fourth-order valence-electron chi connectivity index (χ4n) is 6.29. The van der Waals surface area contributed by atoms with E-state index in [2.05, 4.69) is 25.0 Å². The molecular formula is C33H36N4O6. The van der Waals surface area contributed by atoms with E-state index in [1.54, 1.807) is 6.07 Å². The van der Waals surface area contributed by atoms with Gasteiger partial charge in [0.2, 0.25) is 5.88 Å². The molecule has 0 unspecified atom stereocenters. The highest BCUT2D eigenvalue weighted by Gasteiger charge is 2.32. The highest BCUT2D eigenvalue weighted by Crippen LogP contribution is 2.35. The van der Waals surface area contributed by atoms with Crippen molar-refractivity contribution in [3.05, 3.63) is 87.4 Å². The maximum absolute atomic E-state index is 13.4. The van der Waals surface area contributed by atoms with Crippen LogP contribution in [0.2, 0.25) is 0 Å². The Bertz CT molecular complexity index is 1630. The third-order valence-electron chi connectivity index (χ3n) is 8.68. The van der Waals surface area contributed by atoms with Crippen molar-refractivity contribution in [1.29, 1.82) is 0 Å². The fraction of sp³-hybridized carbons (Fsp3) is 0.394. The molecule has 1 saturated heterocycles. The third kappa shape index (κ3) is 5.43. The van der Waals surface area contributed by atoms with E-state index in [-0.39, 0.29) is 23.4 Å². The summed E-state index contributed by atoms with van der Waals surface area (Å²) in [6.07, 6.45) is 7.75. The number of hydrogen-bond acceptors (Lipinski definition) is 7. The maximum atomic E-state index is 13.4. The standard InChI is InChI=1S/C33H36N4O6/c1-20-6-4-7-26(28-8-5-9-29(35-28)37-32(41-3)27(18-34-37)33(39)40)30(20)43-19-22-10-11-25-24(21(22)2)12-15-36(31(25)38)23-13-16-42-17-14-23/h5,7-11,18,23H,4,6,12-17,19H2,1-3H3,(H,39,40). The molecule has 4 heterocycles. The monoisotopic (exact) mass is 584 g/mol. The minimum Gasteiger partial charge on any atom is -0.488 e. The van der Waals surface area contributed by atoms with Gasteiger partial charge in [0, 0.05) is 36.9 Å². The number of carboxylic acids is 1. The van der Waals surface area contributed by atoms with Crippen LogP contribution in [0.4, 0.5) is 0 Å². The molecule has 3 aliphatic rings. The Morgan fingerprint density at radius 2 is 1.95 bits per heavy atom. The number of carboxylic acid groups (broad SMARTS) is 1. The molecule has 1 aromatic carbocycles. The van der Waals surface area contributed by atoms with Gasteiger partial charge in [-0.3, -0.25) is 4.79 Å². The Balaban J connectivity index is 1.23. The summed E-state index contributed by atoms with van der Waals surface area (Å²) < 4.78 is 18.8. The first-order valence-corrected chi connectivity index (χ1v) is 14.7. The number of ether oxygens (including phenoxy) is 3.